The van der Waals surface area contributed by atoms with Gasteiger partial charge in [0.25, 0.3) is 11.8 Å². The van der Waals surface area contributed by atoms with Crippen molar-refractivity contribution in [1.82, 2.24) is 5.06 Å². The van der Waals surface area contributed by atoms with Gasteiger partial charge in [-0.1, -0.05) is 5.92 Å². The number of rotatable bonds is 5. The van der Waals surface area contributed by atoms with E-state index in [0.29, 0.717) is 10.8 Å². The minimum absolute atomic E-state index is 0.0736. The molecule has 6 nitrogen and oxygen atoms in total. The predicted octanol–water partition coefficient (Wildman–Crippen LogP) is 1.04. The second-order valence-electron chi connectivity index (χ2n) is 4.31. The van der Waals surface area contributed by atoms with Crippen LogP contribution in [-0.2, 0) is 19.2 Å². The summed E-state index contributed by atoms with van der Waals surface area (Å²) in [5.41, 5.74) is 0.729. The molecule has 0 N–H and O–H groups in total. The van der Waals surface area contributed by atoms with Crippen LogP contribution in [0.25, 0.3) is 0 Å². The van der Waals surface area contributed by atoms with Crippen LogP contribution in [0.2, 0.25) is 0 Å². The first-order chi connectivity index (χ1) is 10.1. The van der Waals surface area contributed by atoms with Gasteiger partial charge in [0.2, 0.25) is 0 Å². The normalized spacial score (nSPS) is 14.0. The topological polar surface area (TPSA) is 72.9 Å². The number of terminal acetylenes is 1. The third-order valence-corrected chi connectivity index (χ3v) is 2.79. The third-order valence-electron chi connectivity index (χ3n) is 2.79. The number of carbonyl (C=O) groups excluding carboxylic acids is 3. The van der Waals surface area contributed by atoms with Gasteiger partial charge in [-0.2, -0.15) is 0 Å². The Morgan fingerprint density at radius 2 is 1.81 bits per heavy atom. The van der Waals surface area contributed by atoms with E-state index in [9.17, 15) is 14.4 Å². The number of imide groups is 1. The average molecular weight is 287 g/mol. The molecular weight excluding hydrogens is 274 g/mol. The van der Waals surface area contributed by atoms with E-state index in [0.717, 1.165) is 5.56 Å². The molecule has 2 rings (SSSR count). The molecule has 0 unspecified atom stereocenters. The van der Waals surface area contributed by atoms with Gasteiger partial charge in [0.15, 0.2) is 0 Å². The number of ether oxygens (including phenoxy) is 1. The lowest BCUT2D eigenvalue weighted by atomic mass is 10.2. The van der Waals surface area contributed by atoms with Crippen LogP contribution in [0.1, 0.15) is 24.8 Å². The fourth-order valence-electron chi connectivity index (χ4n) is 1.70. The Morgan fingerprint density at radius 1 is 1.19 bits per heavy atom. The van der Waals surface area contributed by atoms with E-state index in [1.807, 2.05) is 0 Å². The molecule has 1 saturated heterocycles. The minimum atomic E-state index is -0.696. The summed E-state index contributed by atoms with van der Waals surface area (Å²) >= 11 is 0. The monoisotopic (exact) mass is 287 g/mol. The van der Waals surface area contributed by atoms with E-state index in [-0.39, 0.29) is 25.9 Å². The first kappa shape index (κ1) is 14.6. The second kappa shape index (κ2) is 6.57. The Kier molecular flexibility index (Phi) is 4.57. The van der Waals surface area contributed by atoms with E-state index >= 15 is 0 Å². The number of benzene rings is 1. The van der Waals surface area contributed by atoms with Crippen LogP contribution in [0, 0.1) is 12.3 Å². The van der Waals surface area contributed by atoms with Crippen LogP contribution in [0.15, 0.2) is 24.3 Å². The number of hydrogen-bond donors (Lipinski definition) is 0. The molecular formula is C15H13NO5. The number of hydroxylamine groups is 2. The fourth-order valence-corrected chi connectivity index (χ4v) is 1.70. The molecule has 1 heterocycles. The molecule has 0 spiro atoms. The summed E-state index contributed by atoms with van der Waals surface area (Å²) in [4.78, 5) is 38.7. The van der Waals surface area contributed by atoms with E-state index in [1.54, 1.807) is 24.3 Å². The van der Waals surface area contributed by atoms with Crippen LogP contribution < -0.4 is 4.74 Å². The van der Waals surface area contributed by atoms with Gasteiger partial charge in [-0.3, -0.25) is 9.59 Å². The molecule has 0 saturated carbocycles. The van der Waals surface area contributed by atoms with Crippen molar-refractivity contribution in [1.29, 1.82) is 0 Å². The van der Waals surface area contributed by atoms with Crippen LogP contribution in [0.3, 0.4) is 0 Å². The summed E-state index contributed by atoms with van der Waals surface area (Å²) < 4.78 is 5.34. The molecule has 0 radical (unpaired) electrons. The molecule has 0 aromatic heterocycles. The third kappa shape index (κ3) is 3.83. The average Bonchev–Trinajstić information content (AvgIpc) is 2.80. The molecule has 2 amide bonds. The number of amides is 2. The second-order valence-corrected chi connectivity index (χ2v) is 4.31. The van der Waals surface area contributed by atoms with Gasteiger partial charge in [0.05, 0.1) is 13.0 Å². The van der Waals surface area contributed by atoms with Gasteiger partial charge in [-0.15, -0.1) is 11.5 Å². The van der Waals surface area contributed by atoms with Gasteiger partial charge in [-0.25, -0.2) is 4.79 Å². The zero-order chi connectivity index (χ0) is 15.2. The highest BCUT2D eigenvalue weighted by Crippen LogP contribution is 2.14. The lowest BCUT2D eigenvalue weighted by Crippen LogP contribution is -2.32. The van der Waals surface area contributed by atoms with Crippen LogP contribution >= 0.6 is 0 Å². The largest absolute Gasteiger partial charge is 0.493 e. The molecule has 1 fully saturated rings. The molecule has 0 aliphatic carbocycles. The lowest BCUT2D eigenvalue weighted by Gasteiger charge is -2.12. The molecule has 6 heteroatoms. The summed E-state index contributed by atoms with van der Waals surface area (Å²) in [6.45, 7) is 0.0739. The Labute approximate surface area is 121 Å². The SMILES string of the molecule is C#Cc1ccc(OCCC(=O)ON2C(=O)CCC2=O)cc1. The highest BCUT2D eigenvalue weighted by Gasteiger charge is 2.32. The van der Waals surface area contributed by atoms with Gasteiger partial charge in [0.1, 0.15) is 5.75 Å². The zero-order valence-electron chi connectivity index (χ0n) is 11.2. The van der Waals surface area contributed by atoms with Gasteiger partial charge < -0.3 is 9.57 Å². The number of carbonyl (C=O) groups is 3. The summed E-state index contributed by atoms with van der Waals surface area (Å²) in [7, 11) is 0. The minimum Gasteiger partial charge on any atom is -0.493 e. The quantitative estimate of drug-likeness (QED) is 0.597. The van der Waals surface area contributed by atoms with E-state index in [1.165, 1.54) is 0 Å². The van der Waals surface area contributed by atoms with Crippen molar-refractivity contribution in [3.8, 4) is 18.1 Å². The molecule has 1 aromatic rings. The molecule has 21 heavy (non-hydrogen) atoms. The fraction of sp³-hybridized carbons (Fsp3) is 0.267. The Bertz CT molecular complexity index is 583. The van der Waals surface area contributed by atoms with E-state index < -0.39 is 17.8 Å². The van der Waals surface area contributed by atoms with Crippen molar-refractivity contribution in [2.75, 3.05) is 6.61 Å². The Hall–Kier alpha value is -2.81. The highest BCUT2D eigenvalue weighted by atomic mass is 16.7. The first-order valence-corrected chi connectivity index (χ1v) is 6.36. The van der Waals surface area contributed by atoms with Crippen LogP contribution in [0.4, 0.5) is 0 Å². The van der Waals surface area contributed by atoms with Crippen molar-refractivity contribution >= 4 is 17.8 Å². The van der Waals surface area contributed by atoms with E-state index in [4.69, 9.17) is 16.0 Å². The number of hydrogen-bond acceptors (Lipinski definition) is 5. The van der Waals surface area contributed by atoms with Crippen molar-refractivity contribution < 1.29 is 24.0 Å². The number of nitrogens with zero attached hydrogens (tertiary/aromatic N) is 1. The van der Waals surface area contributed by atoms with Gasteiger partial charge in [-0.05, 0) is 24.3 Å². The molecule has 1 aliphatic rings. The Balaban J connectivity index is 1.75. The lowest BCUT2D eigenvalue weighted by molar-refractivity contribution is -0.197. The predicted molar refractivity (Wildman–Crippen MR) is 71.7 cm³/mol. The summed E-state index contributed by atoms with van der Waals surface area (Å²) in [6.07, 6.45) is 5.30. The summed E-state index contributed by atoms with van der Waals surface area (Å²) in [6, 6.07) is 6.81. The van der Waals surface area contributed by atoms with E-state index in [2.05, 4.69) is 5.92 Å². The van der Waals surface area contributed by atoms with Gasteiger partial charge >= 0.3 is 5.97 Å². The zero-order valence-corrected chi connectivity index (χ0v) is 11.2. The van der Waals surface area contributed by atoms with Crippen molar-refractivity contribution in [2.45, 2.75) is 19.3 Å². The summed E-state index contributed by atoms with van der Waals surface area (Å²) in [5.74, 6) is 1.35. The smallest absolute Gasteiger partial charge is 0.336 e. The van der Waals surface area contributed by atoms with Crippen molar-refractivity contribution in [2.24, 2.45) is 0 Å². The molecule has 1 aliphatic heterocycles. The highest BCUT2D eigenvalue weighted by molar-refractivity contribution is 6.01. The maximum Gasteiger partial charge on any atom is 0.336 e. The Morgan fingerprint density at radius 3 is 2.38 bits per heavy atom. The maximum atomic E-state index is 11.5. The van der Waals surface area contributed by atoms with Crippen LogP contribution in [-0.4, -0.2) is 29.5 Å². The van der Waals surface area contributed by atoms with Gasteiger partial charge in [0, 0.05) is 18.4 Å². The van der Waals surface area contributed by atoms with Crippen molar-refractivity contribution in [3.63, 3.8) is 0 Å². The molecule has 108 valence electrons. The standard InChI is InChI=1S/C15H13NO5/c1-2-11-3-5-12(6-4-11)20-10-9-15(19)21-16-13(17)7-8-14(16)18/h1,3-6H,7-10H2. The molecule has 0 atom stereocenters. The summed E-state index contributed by atoms with van der Waals surface area (Å²) in [5, 5.41) is 0.518. The molecule has 0 bridgehead atoms. The van der Waals surface area contributed by atoms with Crippen molar-refractivity contribution in [3.05, 3.63) is 29.8 Å². The maximum absolute atomic E-state index is 11.5. The molecule has 1 aromatic carbocycles. The first-order valence-electron chi connectivity index (χ1n) is 6.36. The van der Waals surface area contributed by atoms with Crippen LogP contribution in [0.5, 0.6) is 5.75 Å².